The Bertz CT molecular complexity index is 688. The summed E-state index contributed by atoms with van der Waals surface area (Å²) in [4.78, 5) is 4.10. The number of nitrogens with one attached hydrogen (secondary N) is 1. The first-order valence-corrected chi connectivity index (χ1v) is 6.40. The zero-order valence-electron chi connectivity index (χ0n) is 11.1. The number of hydrogen-bond acceptors (Lipinski definition) is 3. The molecule has 0 saturated heterocycles. The van der Waals surface area contributed by atoms with E-state index in [1.165, 1.54) is 10.9 Å². The molecule has 3 aromatic rings. The molecule has 1 unspecified atom stereocenters. The van der Waals surface area contributed by atoms with E-state index in [4.69, 9.17) is 4.42 Å². The molecular weight excluding hydrogens is 236 g/mol. The number of benzene rings is 1. The number of fused-ring (bicyclic) bond motifs is 1. The lowest BCUT2D eigenvalue weighted by Gasteiger charge is -2.13. The molecular formula is C16H16N2O. The third-order valence-corrected chi connectivity index (χ3v) is 3.32. The van der Waals surface area contributed by atoms with Gasteiger partial charge in [-0.15, -0.1) is 0 Å². The Labute approximate surface area is 112 Å². The van der Waals surface area contributed by atoms with Crippen molar-refractivity contribution in [2.75, 3.05) is 5.32 Å². The maximum Gasteiger partial charge on any atom is 0.134 e. The Balaban J connectivity index is 1.93. The highest BCUT2D eigenvalue weighted by molar-refractivity contribution is 5.82. The fraction of sp³-hybridized carbons (Fsp3) is 0.188. The first-order chi connectivity index (χ1) is 9.25. The van der Waals surface area contributed by atoms with E-state index >= 15 is 0 Å². The summed E-state index contributed by atoms with van der Waals surface area (Å²) in [5.41, 5.74) is 3.13. The molecule has 0 aliphatic heterocycles. The molecule has 2 aromatic heterocycles. The minimum absolute atomic E-state index is 0.108. The number of para-hydroxylation sites is 1. The Morgan fingerprint density at radius 2 is 2.00 bits per heavy atom. The summed E-state index contributed by atoms with van der Waals surface area (Å²) >= 11 is 0. The van der Waals surface area contributed by atoms with Crippen LogP contribution in [0.3, 0.4) is 0 Å². The maximum atomic E-state index is 5.95. The lowest BCUT2D eigenvalue weighted by molar-refractivity contribution is 0.522. The van der Waals surface area contributed by atoms with Gasteiger partial charge in [-0.2, -0.15) is 0 Å². The van der Waals surface area contributed by atoms with Crippen molar-refractivity contribution >= 4 is 16.7 Å². The molecule has 1 atom stereocenters. The first-order valence-electron chi connectivity index (χ1n) is 6.40. The van der Waals surface area contributed by atoms with Crippen molar-refractivity contribution < 1.29 is 4.42 Å². The third kappa shape index (κ3) is 2.19. The molecule has 0 radical (unpaired) electrons. The van der Waals surface area contributed by atoms with Crippen molar-refractivity contribution in [3.8, 4) is 0 Å². The van der Waals surface area contributed by atoms with Crippen LogP contribution in [0.4, 0.5) is 5.69 Å². The average molecular weight is 252 g/mol. The fourth-order valence-electron chi connectivity index (χ4n) is 2.37. The summed E-state index contributed by atoms with van der Waals surface area (Å²) in [7, 11) is 0. The number of anilines is 1. The SMILES string of the molecule is Cc1c(C(C)Nc2cccnc2)oc2ccccc12. The largest absolute Gasteiger partial charge is 0.459 e. The molecule has 3 heteroatoms. The van der Waals surface area contributed by atoms with Crippen molar-refractivity contribution in [3.05, 3.63) is 60.1 Å². The number of aryl methyl sites for hydroxylation is 1. The monoisotopic (exact) mass is 252 g/mol. The van der Waals surface area contributed by atoms with Gasteiger partial charge < -0.3 is 9.73 Å². The van der Waals surface area contributed by atoms with Crippen LogP contribution in [0.1, 0.15) is 24.3 Å². The van der Waals surface area contributed by atoms with Gasteiger partial charge in [0.05, 0.1) is 11.7 Å². The van der Waals surface area contributed by atoms with E-state index in [0.717, 1.165) is 17.0 Å². The van der Waals surface area contributed by atoms with Gasteiger partial charge in [-0.1, -0.05) is 18.2 Å². The van der Waals surface area contributed by atoms with Gasteiger partial charge >= 0.3 is 0 Å². The minimum atomic E-state index is 0.108. The molecule has 0 aliphatic rings. The molecule has 1 aromatic carbocycles. The van der Waals surface area contributed by atoms with Crippen LogP contribution < -0.4 is 5.32 Å². The molecule has 3 nitrogen and oxygen atoms in total. The predicted octanol–water partition coefficient (Wildman–Crippen LogP) is 4.31. The van der Waals surface area contributed by atoms with E-state index in [2.05, 4.69) is 30.2 Å². The normalized spacial score (nSPS) is 12.5. The predicted molar refractivity (Wildman–Crippen MR) is 77.2 cm³/mol. The summed E-state index contributed by atoms with van der Waals surface area (Å²) in [6.07, 6.45) is 3.58. The van der Waals surface area contributed by atoms with Crippen molar-refractivity contribution in [1.29, 1.82) is 0 Å². The zero-order valence-corrected chi connectivity index (χ0v) is 11.1. The second-order valence-corrected chi connectivity index (χ2v) is 4.70. The molecule has 2 heterocycles. The molecule has 19 heavy (non-hydrogen) atoms. The standard InChI is InChI=1S/C16H16N2O/c1-11-14-7-3-4-8-15(14)19-16(11)12(2)18-13-6-5-9-17-10-13/h3-10,12,18H,1-2H3. The molecule has 96 valence electrons. The highest BCUT2D eigenvalue weighted by atomic mass is 16.3. The van der Waals surface area contributed by atoms with Crippen LogP contribution in [0, 0.1) is 6.92 Å². The summed E-state index contributed by atoms with van der Waals surface area (Å²) in [6, 6.07) is 12.2. The summed E-state index contributed by atoms with van der Waals surface area (Å²) in [6.45, 7) is 4.19. The minimum Gasteiger partial charge on any atom is -0.459 e. The highest BCUT2D eigenvalue weighted by Crippen LogP contribution is 2.30. The number of nitrogens with zero attached hydrogens (tertiary/aromatic N) is 1. The van der Waals surface area contributed by atoms with Crippen LogP contribution in [-0.2, 0) is 0 Å². The van der Waals surface area contributed by atoms with Crippen molar-refractivity contribution in [2.45, 2.75) is 19.9 Å². The second-order valence-electron chi connectivity index (χ2n) is 4.70. The van der Waals surface area contributed by atoms with Gasteiger partial charge in [0, 0.05) is 23.3 Å². The molecule has 0 aliphatic carbocycles. The van der Waals surface area contributed by atoms with Crippen molar-refractivity contribution in [2.24, 2.45) is 0 Å². The molecule has 1 N–H and O–H groups in total. The van der Waals surface area contributed by atoms with E-state index in [1.54, 1.807) is 6.20 Å². The Morgan fingerprint density at radius 1 is 1.16 bits per heavy atom. The van der Waals surface area contributed by atoms with Crippen LogP contribution in [0.25, 0.3) is 11.0 Å². The lowest BCUT2D eigenvalue weighted by Crippen LogP contribution is -2.06. The molecule has 0 spiro atoms. The molecule has 3 rings (SSSR count). The van der Waals surface area contributed by atoms with Crippen LogP contribution in [0.15, 0.2) is 53.2 Å². The molecule has 0 fully saturated rings. The van der Waals surface area contributed by atoms with E-state index in [-0.39, 0.29) is 6.04 Å². The zero-order chi connectivity index (χ0) is 13.2. The second kappa shape index (κ2) is 4.76. The van der Waals surface area contributed by atoms with E-state index < -0.39 is 0 Å². The Morgan fingerprint density at radius 3 is 2.74 bits per heavy atom. The quantitative estimate of drug-likeness (QED) is 0.754. The number of furan rings is 1. The fourth-order valence-corrected chi connectivity index (χ4v) is 2.37. The highest BCUT2D eigenvalue weighted by Gasteiger charge is 2.16. The van der Waals surface area contributed by atoms with E-state index in [1.807, 2.05) is 36.5 Å². The van der Waals surface area contributed by atoms with Crippen molar-refractivity contribution in [3.63, 3.8) is 0 Å². The van der Waals surface area contributed by atoms with Gasteiger partial charge in [0.15, 0.2) is 0 Å². The van der Waals surface area contributed by atoms with Crippen LogP contribution in [0.2, 0.25) is 0 Å². The van der Waals surface area contributed by atoms with Crippen LogP contribution in [-0.4, -0.2) is 4.98 Å². The summed E-state index contributed by atoms with van der Waals surface area (Å²) in [5, 5.41) is 4.58. The summed E-state index contributed by atoms with van der Waals surface area (Å²) < 4.78 is 5.95. The molecule has 0 bridgehead atoms. The molecule has 0 saturated carbocycles. The van der Waals surface area contributed by atoms with Gasteiger partial charge in [0.1, 0.15) is 11.3 Å². The number of hydrogen-bond donors (Lipinski definition) is 1. The van der Waals surface area contributed by atoms with Crippen LogP contribution in [0.5, 0.6) is 0 Å². The molecule has 0 amide bonds. The number of rotatable bonds is 3. The maximum absolute atomic E-state index is 5.95. The van der Waals surface area contributed by atoms with Gasteiger partial charge in [-0.05, 0) is 32.0 Å². The van der Waals surface area contributed by atoms with Gasteiger partial charge in [0.25, 0.3) is 0 Å². The summed E-state index contributed by atoms with van der Waals surface area (Å²) in [5.74, 6) is 0.977. The van der Waals surface area contributed by atoms with Gasteiger partial charge in [-0.25, -0.2) is 0 Å². The van der Waals surface area contributed by atoms with Gasteiger partial charge in [0.2, 0.25) is 0 Å². The smallest absolute Gasteiger partial charge is 0.134 e. The van der Waals surface area contributed by atoms with E-state index in [0.29, 0.717) is 0 Å². The van der Waals surface area contributed by atoms with Crippen molar-refractivity contribution in [1.82, 2.24) is 4.98 Å². The first kappa shape index (κ1) is 11.8. The van der Waals surface area contributed by atoms with E-state index in [9.17, 15) is 0 Å². The number of pyridine rings is 1. The Hall–Kier alpha value is -2.29. The topological polar surface area (TPSA) is 38.1 Å². The third-order valence-electron chi connectivity index (χ3n) is 3.32. The van der Waals surface area contributed by atoms with Crippen LogP contribution >= 0.6 is 0 Å². The average Bonchev–Trinajstić information content (AvgIpc) is 2.78. The lowest BCUT2D eigenvalue weighted by atomic mass is 10.1. The number of aromatic nitrogens is 1. The Kier molecular flexibility index (Phi) is 2.95. The van der Waals surface area contributed by atoms with Gasteiger partial charge in [-0.3, -0.25) is 4.98 Å².